The molecule has 0 spiro atoms. The van der Waals surface area contributed by atoms with Crippen molar-refractivity contribution >= 4 is 38.5 Å². The summed E-state index contributed by atoms with van der Waals surface area (Å²) in [5, 5.41) is 2.87. The number of unbranched alkanes of at least 4 members (excludes halogenated alkanes) is 1. The second kappa shape index (κ2) is 9.24. The summed E-state index contributed by atoms with van der Waals surface area (Å²) in [7, 11) is -3.57. The lowest BCUT2D eigenvalue weighted by Crippen LogP contribution is -2.30. The molecule has 8 heteroatoms. The molecule has 1 amide bonds. The van der Waals surface area contributed by atoms with Gasteiger partial charge in [-0.15, -0.1) is 0 Å². The molecule has 0 radical (unpaired) electrons. The van der Waals surface area contributed by atoms with Crippen molar-refractivity contribution in [1.29, 1.82) is 0 Å². The van der Waals surface area contributed by atoms with Gasteiger partial charge in [-0.3, -0.25) is 4.79 Å². The normalized spacial score (nSPS) is 13.0. The molecule has 1 aromatic heterocycles. The number of fused-ring (bicyclic) bond motifs is 1. The number of nitrogens with one attached hydrogen (secondary N) is 1. The Balaban J connectivity index is 1.91. The van der Waals surface area contributed by atoms with Gasteiger partial charge in [0.15, 0.2) is 9.84 Å². The Morgan fingerprint density at radius 2 is 2.08 bits per heavy atom. The fourth-order valence-electron chi connectivity index (χ4n) is 2.66. The number of carbonyl (C=O) groups excluding carboxylic acids is 1. The molecule has 2 rings (SSSR count). The summed E-state index contributed by atoms with van der Waals surface area (Å²) in [5.41, 5.74) is 0.954. The zero-order valence-electron chi connectivity index (χ0n) is 14.7. The molecule has 0 saturated carbocycles. The van der Waals surface area contributed by atoms with Gasteiger partial charge in [0.1, 0.15) is 11.0 Å². The SMILES string of the molecule is CCCC[C@@H](CC)CNC(=O)CCS(=O)(=O)c1cccc2nsnc12. The lowest BCUT2D eigenvalue weighted by molar-refractivity contribution is -0.120. The molecule has 0 aliphatic rings. The van der Waals surface area contributed by atoms with Crippen LogP contribution >= 0.6 is 11.7 Å². The number of aromatic nitrogens is 2. The molecule has 1 N–H and O–H groups in total. The molecule has 0 aliphatic carbocycles. The summed E-state index contributed by atoms with van der Waals surface area (Å²) < 4.78 is 33.2. The molecule has 0 aliphatic heterocycles. The molecule has 1 aromatic carbocycles. The van der Waals surface area contributed by atoms with E-state index in [4.69, 9.17) is 0 Å². The number of benzene rings is 1. The van der Waals surface area contributed by atoms with Crippen LogP contribution in [0.2, 0.25) is 0 Å². The van der Waals surface area contributed by atoms with E-state index in [0.717, 1.165) is 37.4 Å². The molecular formula is C17H25N3O3S2. The highest BCUT2D eigenvalue weighted by molar-refractivity contribution is 7.91. The average molecular weight is 384 g/mol. The average Bonchev–Trinajstić information content (AvgIpc) is 3.08. The van der Waals surface area contributed by atoms with Gasteiger partial charge in [-0.1, -0.05) is 39.2 Å². The second-order valence-corrected chi connectivity index (χ2v) is 8.78. The van der Waals surface area contributed by atoms with Crippen molar-refractivity contribution in [2.45, 2.75) is 50.8 Å². The van der Waals surface area contributed by atoms with Crippen LogP contribution in [0, 0.1) is 5.92 Å². The smallest absolute Gasteiger partial charge is 0.221 e. The van der Waals surface area contributed by atoms with Crippen LogP contribution in [0.4, 0.5) is 0 Å². The number of hydrogen-bond acceptors (Lipinski definition) is 6. The minimum absolute atomic E-state index is 0.0412. The van der Waals surface area contributed by atoms with E-state index in [2.05, 4.69) is 27.9 Å². The summed E-state index contributed by atoms with van der Waals surface area (Å²) in [5.74, 6) is 0.0127. The Bertz CT molecular complexity index is 802. The van der Waals surface area contributed by atoms with Gasteiger partial charge in [0.25, 0.3) is 0 Å². The van der Waals surface area contributed by atoms with Gasteiger partial charge in [0, 0.05) is 13.0 Å². The first-order valence-electron chi connectivity index (χ1n) is 8.68. The third-order valence-corrected chi connectivity index (χ3v) is 6.60. The van der Waals surface area contributed by atoms with Crippen molar-refractivity contribution in [3.8, 4) is 0 Å². The van der Waals surface area contributed by atoms with Crippen molar-refractivity contribution in [3.05, 3.63) is 18.2 Å². The Labute approximate surface area is 153 Å². The Hall–Kier alpha value is -1.54. The standard InChI is InChI=1S/C17H25N3O3S2/c1-3-5-7-13(4-2)12-18-16(21)10-11-25(22,23)15-9-6-8-14-17(15)20-24-19-14/h6,8-9,13H,3-5,7,10-12H2,1-2H3,(H,18,21)/t13-/m1/s1. The number of nitrogens with zero attached hydrogens (tertiary/aromatic N) is 2. The van der Waals surface area contributed by atoms with Gasteiger partial charge >= 0.3 is 0 Å². The molecule has 0 fully saturated rings. The molecule has 2 aromatic rings. The molecular weight excluding hydrogens is 358 g/mol. The molecule has 0 unspecified atom stereocenters. The first kappa shape index (κ1) is 19.8. The summed E-state index contributed by atoms with van der Waals surface area (Å²) in [4.78, 5) is 12.2. The summed E-state index contributed by atoms with van der Waals surface area (Å²) in [6.07, 6.45) is 4.34. The van der Waals surface area contributed by atoms with E-state index in [-0.39, 0.29) is 23.0 Å². The van der Waals surface area contributed by atoms with Crippen LogP contribution in [0.5, 0.6) is 0 Å². The maximum atomic E-state index is 12.5. The lowest BCUT2D eigenvalue weighted by Gasteiger charge is -2.15. The monoisotopic (exact) mass is 383 g/mol. The topological polar surface area (TPSA) is 89.0 Å². The van der Waals surface area contributed by atoms with Crippen LogP contribution in [-0.4, -0.2) is 35.4 Å². The van der Waals surface area contributed by atoms with Gasteiger partial charge in [0.05, 0.1) is 22.4 Å². The fourth-order valence-corrected chi connectivity index (χ4v) is 4.67. The first-order valence-corrected chi connectivity index (χ1v) is 11.1. The molecule has 1 atom stereocenters. The van der Waals surface area contributed by atoms with E-state index in [1.54, 1.807) is 12.1 Å². The van der Waals surface area contributed by atoms with Crippen LogP contribution in [0.3, 0.4) is 0 Å². The number of amides is 1. The van der Waals surface area contributed by atoms with Gasteiger partial charge < -0.3 is 5.32 Å². The number of carbonyl (C=O) groups is 1. The third-order valence-electron chi connectivity index (χ3n) is 4.31. The van der Waals surface area contributed by atoms with Crippen LogP contribution in [0.25, 0.3) is 11.0 Å². The van der Waals surface area contributed by atoms with E-state index >= 15 is 0 Å². The van der Waals surface area contributed by atoms with E-state index in [1.807, 2.05) is 0 Å². The van der Waals surface area contributed by atoms with Gasteiger partial charge in [0.2, 0.25) is 5.91 Å². The van der Waals surface area contributed by atoms with Gasteiger partial charge in [-0.2, -0.15) is 8.75 Å². The van der Waals surface area contributed by atoms with E-state index in [9.17, 15) is 13.2 Å². The minimum Gasteiger partial charge on any atom is -0.356 e. The van der Waals surface area contributed by atoms with Crippen molar-refractivity contribution < 1.29 is 13.2 Å². The Morgan fingerprint density at radius 1 is 1.28 bits per heavy atom. The molecule has 0 bridgehead atoms. The first-order chi connectivity index (χ1) is 12.0. The Kier molecular flexibility index (Phi) is 7.31. The quantitative estimate of drug-likeness (QED) is 0.680. The van der Waals surface area contributed by atoms with Crippen LogP contribution in [-0.2, 0) is 14.6 Å². The number of hydrogen-bond donors (Lipinski definition) is 1. The number of sulfone groups is 1. The maximum Gasteiger partial charge on any atom is 0.221 e. The maximum absolute atomic E-state index is 12.5. The molecule has 25 heavy (non-hydrogen) atoms. The van der Waals surface area contributed by atoms with Crippen molar-refractivity contribution in [3.63, 3.8) is 0 Å². The predicted octanol–water partition coefficient (Wildman–Crippen LogP) is 3.19. The molecule has 138 valence electrons. The van der Waals surface area contributed by atoms with E-state index in [0.29, 0.717) is 23.5 Å². The highest BCUT2D eigenvalue weighted by Gasteiger charge is 2.21. The largest absolute Gasteiger partial charge is 0.356 e. The van der Waals surface area contributed by atoms with Crippen molar-refractivity contribution in [1.82, 2.24) is 14.1 Å². The molecule has 1 heterocycles. The predicted molar refractivity (Wildman–Crippen MR) is 100 cm³/mol. The van der Waals surface area contributed by atoms with Crippen LogP contribution in [0.1, 0.15) is 46.0 Å². The van der Waals surface area contributed by atoms with Crippen LogP contribution < -0.4 is 5.32 Å². The van der Waals surface area contributed by atoms with Crippen LogP contribution in [0.15, 0.2) is 23.1 Å². The fraction of sp³-hybridized carbons (Fsp3) is 0.588. The number of rotatable bonds is 10. The van der Waals surface area contributed by atoms with E-state index in [1.165, 1.54) is 6.07 Å². The van der Waals surface area contributed by atoms with Crippen molar-refractivity contribution in [2.24, 2.45) is 5.92 Å². The highest BCUT2D eigenvalue weighted by atomic mass is 32.2. The lowest BCUT2D eigenvalue weighted by atomic mass is 9.99. The zero-order chi connectivity index (χ0) is 18.3. The summed E-state index contributed by atoms with van der Waals surface area (Å²) in [6.45, 7) is 4.87. The highest BCUT2D eigenvalue weighted by Crippen LogP contribution is 2.22. The molecule has 6 nitrogen and oxygen atoms in total. The van der Waals surface area contributed by atoms with Gasteiger partial charge in [-0.25, -0.2) is 8.42 Å². The minimum atomic E-state index is -3.57. The second-order valence-electron chi connectivity index (χ2n) is 6.18. The summed E-state index contributed by atoms with van der Waals surface area (Å²) in [6, 6.07) is 4.90. The Morgan fingerprint density at radius 3 is 2.80 bits per heavy atom. The van der Waals surface area contributed by atoms with Crippen molar-refractivity contribution in [2.75, 3.05) is 12.3 Å². The molecule has 0 saturated heterocycles. The van der Waals surface area contributed by atoms with E-state index < -0.39 is 9.84 Å². The third kappa shape index (κ3) is 5.47. The zero-order valence-corrected chi connectivity index (χ0v) is 16.3. The summed E-state index contributed by atoms with van der Waals surface area (Å²) >= 11 is 0.984. The van der Waals surface area contributed by atoms with Gasteiger partial charge in [-0.05, 0) is 24.5 Å².